The van der Waals surface area contributed by atoms with Gasteiger partial charge in [-0.1, -0.05) is 31.0 Å². The Hall–Kier alpha value is -0.750. The first kappa shape index (κ1) is 15.2. The minimum atomic E-state index is -0.240. The molecule has 0 spiro atoms. The molecular formula is C15H24N2O3S. The highest BCUT2D eigenvalue weighted by molar-refractivity contribution is 8.14. The standard InChI is InChI=1S/C15H24N2O3S/c1-10(18)19-9-12-7-8-13-14(20-12)21-15(17-13)16-11-5-3-2-4-6-11/h11-14H,2-9H2,1H3,(H,16,17)/t12-,13-,14-/m1/s1. The van der Waals surface area contributed by atoms with Crippen molar-refractivity contribution in [2.45, 2.75) is 75.5 Å². The van der Waals surface area contributed by atoms with E-state index in [-0.39, 0.29) is 23.6 Å². The summed E-state index contributed by atoms with van der Waals surface area (Å²) >= 11 is 1.70. The van der Waals surface area contributed by atoms with Crippen molar-refractivity contribution in [3.8, 4) is 0 Å². The number of nitrogens with one attached hydrogen (secondary N) is 1. The summed E-state index contributed by atoms with van der Waals surface area (Å²) in [5.74, 6) is -0.240. The molecule has 2 aliphatic heterocycles. The topological polar surface area (TPSA) is 59.9 Å². The Labute approximate surface area is 130 Å². The van der Waals surface area contributed by atoms with Crippen molar-refractivity contribution in [1.29, 1.82) is 0 Å². The fourth-order valence-electron chi connectivity index (χ4n) is 3.19. The van der Waals surface area contributed by atoms with E-state index in [2.05, 4.69) is 5.32 Å². The van der Waals surface area contributed by atoms with Gasteiger partial charge in [-0.2, -0.15) is 0 Å². The van der Waals surface area contributed by atoms with E-state index in [0.717, 1.165) is 18.0 Å². The summed E-state index contributed by atoms with van der Waals surface area (Å²) in [6.07, 6.45) is 8.47. The highest BCUT2D eigenvalue weighted by Gasteiger charge is 2.38. The molecule has 3 aliphatic rings. The lowest BCUT2D eigenvalue weighted by Gasteiger charge is -2.30. The lowest BCUT2D eigenvalue weighted by molar-refractivity contribution is -0.147. The zero-order chi connectivity index (χ0) is 14.7. The number of thioether (sulfide) groups is 1. The van der Waals surface area contributed by atoms with Crippen molar-refractivity contribution in [3.05, 3.63) is 0 Å². The van der Waals surface area contributed by atoms with Crippen molar-refractivity contribution in [2.24, 2.45) is 4.99 Å². The van der Waals surface area contributed by atoms with Crippen molar-refractivity contribution >= 4 is 22.9 Å². The van der Waals surface area contributed by atoms with Crippen molar-refractivity contribution in [1.82, 2.24) is 5.32 Å². The van der Waals surface area contributed by atoms with Crippen LogP contribution in [0, 0.1) is 0 Å². The predicted molar refractivity (Wildman–Crippen MR) is 83.4 cm³/mol. The average molecular weight is 312 g/mol. The van der Waals surface area contributed by atoms with E-state index in [1.807, 2.05) is 0 Å². The molecule has 2 fully saturated rings. The maximum atomic E-state index is 10.9. The Morgan fingerprint density at radius 1 is 1.33 bits per heavy atom. The number of nitrogens with zero attached hydrogens (tertiary/aromatic N) is 1. The van der Waals surface area contributed by atoms with Crippen LogP contribution >= 0.6 is 11.8 Å². The van der Waals surface area contributed by atoms with E-state index in [4.69, 9.17) is 14.5 Å². The summed E-state index contributed by atoms with van der Waals surface area (Å²) in [5, 5.41) is 4.63. The van der Waals surface area contributed by atoms with Crippen LogP contribution in [0.15, 0.2) is 4.99 Å². The molecule has 0 aromatic carbocycles. The fourth-order valence-corrected chi connectivity index (χ4v) is 4.41. The highest BCUT2D eigenvalue weighted by atomic mass is 32.2. The van der Waals surface area contributed by atoms with Crippen LogP contribution in [0.5, 0.6) is 0 Å². The van der Waals surface area contributed by atoms with Crippen LogP contribution < -0.4 is 5.32 Å². The Morgan fingerprint density at radius 3 is 2.90 bits per heavy atom. The first-order chi connectivity index (χ1) is 10.2. The van der Waals surface area contributed by atoms with Gasteiger partial charge in [-0.15, -0.1) is 0 Å². The summed E-state index contributed by atoms with van der Waals surface area (Å²) in [6.45, 7) is 1.80. The number of rotatable bonds is 3. The highest BCUT2D eigenvalue weighted by Crippen LogP contribution is 2.36. The molecule has 1 saturated heterocycles. The Kier molecular flexibility index (Phi) is 5.06. The van der Waals surface area contributed by atoms with Crippen LogP contribution in [0.4, 0.5) is 0 Å². The van der Waals surface area contributed by atoms with Gasteiger partial charge in [0.05, 0.1) is 12.1 Å². The van der Waals surface area contributed by atoms with E-state index >= 15 is 0 Å². The van der Waals surface area contributed by atoms with E-state index in [1.54, 1.807) is 11.8 Å². The molecule has 3 atom stereocenters. The lowest BCUT2D eigenvalue weighted by Crippen LogP contribution is -2.36. The molecule has 0 radical (unpaired) electrons. The quantitative estimate of drug-likeness (QED) is 0.811. The second kappa shape index (κ2) is 7.01. The second-order valence-corrected chi connectivity index (χ2v) is 7.19. The molecule has 6 heteroatoms. The smallest absolute Gasteiger partial charge is 0.302 e. The van der Waals surface area contributed by atoms with Crippen LogP contribution in [-0.2, 0) is 14.3 Å². The molecule has 21 heavy (non-hydrogen) atoms. The maximum Gasteiger partial charge on any atom is 0.302 e. The van der Waals surface area contributed by atoms with Crippen LogP contribution in [0.2, 0.25) is 0 Å². The SMILES string of the molecule is CC(=O)OC[C@H]1CC[C@H]2N=C(NC3CCCCC3)S[C@H]2O1. The molecule has 2 heterocycles. The maximum absolute atomic E-state index is 10.9. The number of amidine groups is 1. The van der Waals surface area contributed by atoms with Crippen molar-refractivity contribution in [3.63, 3.8) is 0 Å². The van der Waals surface area contributed by atoms with Gasteiger partial charge in [0, 0.05) is 13.0 Å². The zero-order valence-corrected chi connectivity index (χ0v) is 13.4. The molecule has 1 N–H and O–H groups in total. The van der Waals surface area contributed by atoms with Crippen molar-refractivity contribution in [2.75, 3.05) is 6.61 Å². The number of hydrogen-bond donors (Lipinski definition) is 1. The van der Waals surface area contributed by atoms with Gasteiger partial charge in [-0.25, -0.2) is 0 Å². The zero-order valence-electron chi connectivity index (χ0n) is 12.5. The van der Waals surface area contributed by atoms with Crippen LogP contribution in [0.1, 0.15) is 51.9 Å². The van der Waals surface area contributed by atoms with Gasteiger partial charge >= 0.3 is 5.97 Å². The Balaban J connectivity index is 1.46. The third-order valence-corrected chi connectivity index (χ3v) is 5.45. The molecule has 0 bridgehead atoms. The molecule has 0 aromatic rings. The summed E-state index contributed by atoms with van der Waals surface area (Å²) in [7, 11) is 0. The summed E-state index contributed by atoms with van der Waals surface area (Å²) in [4.78, 5) is 15.6. The van der Waals surface area contributed by atoms with Crippen molar-refractivity contribution < 1.29 is 14.3 Å². The summed E-state index contributed by atoms with van der Waals surface area (Å²) in [5.41, 5.74) is 0.0883. The van der Waals surface area contributed by atoms with Gasteiger partial charge in [-0.05, 0) is 25.7 Å². The van der Waals surface area contributed by atoms with Crippen LogP contribution in [0.25, 0.3) is 0 Å². The van der Waals surface area contributed by atoms with Crippen LogP contribution in [0.3, 0.4) is 0 Å². The number of carbonyl (C=O) groups excluding carboxylic acids is 1. The predicted octanol–water partition coefficient (Wildman–Crippen LogP) is 2.45. The third-order valence-electron chi connectivity index (χ3n) is 4.34. The van der Waals surface area contributed by atoms with Gasteiger partial charge in [-0.3, -0.25) is 9.79 Å². The minimum Gasteiger partial charge on any atom is -0.463 e. The minimum absolute atomic E-state index is 0.0203. The van der Waals surface area contributed by atoms with Gasteiger partial charge in [0.1, 0.15) is 12.0 Å². The first-order valence-corrected chi connectivity index (χ1v) is 8.88. The molecular weight excluding hydrogens is 288 g/mol. The fraction of sp³-hybridized carbons (Fsp3) is 0.867. The normalized spacial score (nSPS) is 33.2. The van der Waals surface area contributed by atoms with Gasteiger partial charge in [0.2, 0.25) is 0 Å². The van der Waals surface area contributed by atoms with Crippen LogP contribution in [-0.4, -0.2) is 41.4 Å². The number of ether oxygens (including phenoxy) is 2. The average Bonchev–Trinajstić information content (AvgIpc) is 2.87. The van der Waals surface area contributed by atoms with E-state index in [0.29, 0.717) is 12.6 Å². The lowest BCUT2D eigenvalue weighted by atomic mass is 9.96. The largest absolute Gasteiger partial charge is 0.463 e. The molecule has 1 saturated carbocycles. The molecule has 5 nitrogen and oxygen atoms in total. The van der Waals surface area contributed by atoms with Gasteiger partial charge in [0.15, 0.2) is 5.17 Å². The molecule has 0 unspecified atom stereocenters. The molecule has 1 aliphatic carbocycles. The van der Waals surface area contributed by atoms with Gasteiger partial charge in [0.25, 0.3) is 0 Å². The second-order valence-electron chi connectivity index (χ2n) is 6.11. The number of esters is 1. The number of aliphatic imine (C=N–C) groups is 1. The molecule has 0 amide bonds. The Bertz CT molecular complexity index is 410. The van der Waals surface area contributed by atoms with E-state index < -0.39 is 0 Å². The number of fused-ring (bicyclic) bond motifs is 1. The molecule has 118 valence electrons. The van der Waals surface area contributed by atoms with E-state index in [9.17, 15) is 4.79 Å². The number of hydrogen-bond acceptors (Lipinski definition) is 6. The Morgan fingerprint density at radius 2 is 2.14 bits per heavy atom. The molecule has 3 rings (SSSR count). The monoisotopic (exact) mass is 312 g/mol. The van der Waals surface area contributed by atoms with E-state index in [1.165, 1.54) is 39.0 Å². The van der Waals surface area contributed by atoms with Gasteiger partial charge < -0.3 is 14.8 Å². The third kappa shape index (κ3) is 4.13. The summed E-state index contributed by atoms with van der Waals surface area (Å²) in [6, 6.07) is 0.844. The number of carbonyl (C=O) groups is 1. The molecule has 0 aromatic heterocycles. The first-order valence-electron chi connectivity index (χ1n) is 8.00. The summed E-state index contributed by atoms with van der Waals surface area (Å²) < 4.78 is 11.1.